The zero-order chi connectivity index (χ0) is 23.2. The van der Waals surface area contributed by atoms with Gasteiger partial charge < -0.3 is 24.0 Å². The van der Waals surface area contributed by atoms with Crippen molar-refractivity contribution in [3.8, 4) is 17.7 Å². The van der Waals surface area contributed by atoms with Crippen molar-refractivity contribution in [2.24, 2.45) is 5.92 Å². The van der Waals surface area contributed by atoms with Gasteiger partial charge in [-0.15, -0.1) is 0 Å². The zero-order valence-electron chi connectivity index (χ0n) is 19.0. The second kappa shape index (κ2) is 10.4. The standard InChI is InChI=1S/C23H29N7O3/c1-3-28(4-2)11-12-30-16-18(15-25-30)26-21(31)17-7-9-29(10-8-17)23-19(14-24)27-22(33-23)20-6-5-13-32-20/h5-6,13,15-17H,3-4,7-12H2,1-2H3,(H,26,31). The van der Waals surface area contributed by atoms with Crippen molar-refractivity contribution >= 4 is 17.5 Å². The number of nitriles is 1. The molecule has 0 bridgehead atoms. The van der Waals surface area contributed by atoms with Gasteiger partial charge in [0, 0.05) is 31.7 Å². The Hall–Kier alpha value is -3.58. The first kappa shape index (κ1) is 22.6. The monoisotopic (exact) mass is 451 g/mol. The van der Waals surface area contributed by atoms with Gasteiger partial charge in [0.2, 0.25) is 17.5 Å². The van der Waals surface area contributed by atoms with Crippen LogP contribution in [-0.2, 0) is 11.3 Å². The Morgan fingerprint density at radius 1 is 1.33 bits per heavy atom. The normalized spacial score (nSPS) is 14.5. The lowest BCUT2D eigenvalue weighted by Gasteiger charge is -2.30. The molecule has 0 radical (unpaired) electrons. The quantitative estimate of drug-likeness (QED) is 0.527. The van der Waals surface area contributed by atoms with Gasteiger partial charge in [0.1, 0.15) is 6.07 Å². The van der Waals surface area contributed by atoms with E-state index in [2.05, 4.69) is 40.2 Å². The van der Waals surface area contributed by atoms with Gasteiger partial charge in [0.25, 0.3) is 5.89 Å². The summed E-state index contributed by atoms with van der Waals surface area (Å²) in [4.78, 5) is 21.3. The van der Waals surface area contributed by atoms with Gasteiger partial charge in [0.05, 0.1) is 24.7 Å². The lowest BCUT2D eigenvalue weighted by atomic mass is 9.96. The summed E-state index contributed by atoms with van der Waals surface area (Å²) in [6.07, 6.45) is 6.41. The molecule has 33 heavy (non-hydrogen) atoms. The smallest absolute Gasteiger partial charge is 0.266 e. The molecule has 1 aliphatic rings. The fourth-order valence-electron chi connectivity index (χ4n) is 4.03. The van der Waals surface area contributed by atoms with Gasteiger partial charge in [-0.3, -0.25) is 9.48 Å². The van der Waals surface area contributed by atoms with Gasteiger partial charge >= 0.3 is 0 Å². The molecular weight excluding hydrogens is 422 g/mol. The number of nitrogens with zero attached hydrogens (tertiary/aromatic N) is 6. The predicted molar refractivity (Wildman–Crippen MR) is 123 cm³/mol. The molecule has 1 aliphatic heterocycles. The van der Waals surface area contributed by atoms with E-state index < -0.39 is 0 Å². The molecule has 3 aromatic rings. The van der Waals surface area contributed by atoms with Gasteiger partial charge in [0.15, 0.2) is 5.76 Å². The van der Waals surface area contributed by atoms with Crippen molar-refractivity contribution in [2.75, 3.05) is 42.9 Å². The zero-order valence-corrected chi connectivity index (χ0v) is 19.0. The first-order valence-corrected chi connectivity index (χ1v) is 11.4. The Bertz CT molecular complexity index is 1080. The van der Waals surface area contributed by atoms with Crippen molar-refractivity contribution in [1.82, 2.24) is 19.7 Å². The third-order valence-corrected chi connectivity index (χ3v) is 6.04. The van der Waals surface area contributed by atoms with E-state index in [4.69, 9.17) is 8.83 Å². The lowest BCUT2D eigenvalue weighted by Crippen LogP contribution is -2.38. The SMILES string of the molecule is CCN(CC)CCn1cc(NC(=O)C2CCN(c3oc(-c4ccco4)nc3C#N)CC2)cn1. The van der Waals surface area contributed by atoms with Crippen LogP contribution in [0.2, 0.25) is 0 Å². The molecule has 1 saturated heterocycles. The Morgan fingerprint density at radius 2 is 2.12 bits per heavy atom. The minimum absolute atomic E-state index is 0.00714. The minimum Gasteiger partial charge on any atom is -0.459 e. The molecule has 0 unspecified atom stereocenters. The molecule has 10 heteroatoms. The largest absolute Gasteiger partial charge is 0.459 e. The van der Waals surface area contributed by atoms with Crippen molar-refractivity contribution in [3.63, 3.8) is 0 Å². The summed E-state index contributed by atoms with van der Waals surface area (Å²) < 4.78 is 13.0. The number of likely N-dealkylation sites (N-methyl/N-ethyl adjacent to an activating group) is 1. The molecule has 3 aromatic heterocycles. The number of nitrogens with one attached hydrogen (secondary N) is 1. The Labute approximate surface area is 192 Å². The number of piperidine rings is 1. The maximum Gasteiger partial charge on any atom is 0.266 e. The van der Waals surface area contributed by atoms with Crippen LogP contribution in [0, 0.1) is 17.2 Å². The van der Waals surface area contributed by atoms with Crippen LogP contribution in [0.4, 0.5) is 11.6 Å². The van der Waals surface area contributed by atoms with Gasteiger partial charge in [-0.1, -0.05) is 13.8 Å². The highest BCUT2D eigenvalue weighted by molar-refractivity contribution is 5.92. The number of aromatic nitrogens is 3. The van der Waals surface area contributed by atoms with Crippen molar-refractivity contribution in [2.45, 2.75) is 33.2 Å². The van der Waals surface area contributed by atoms with Crippen molar-refractivity contribution in [3.05, 3.63) is 36.5 Å². The average molecular weight is 452 g/mol. The number of amides is 1. The average Bonchev–Trinajstić information content (AvgIpc) is 3.60. The Balaban J connectivity index is 1.31. The molecule has 4 rings (SSSR count). The maximum absolute atomic E-state index is 12.8. The van der Waals surface area contributed by atoms with Crippen LogP contribution in [0.3, 0.4) is 0 Å². The lowest BCUT2D eigenvalue weighted by molar-refractivity contribution is -0.120. The van der Waals surface area contributed by atoms with Crippen LogP contribution in [-0.4, -0.2) is 58.3 Å². The number of carbonyl (C=O) groups is 1. The molecule has 1 amide bonds. The van der Waals surface area contributed by atoms with Crippen LogP contribution in [0.5, 0.6) is 0 Å². The van der Waals surface area contributed by atoms with Gasteiger partial charge in [-0.2, -0.15) is 15.3 Å². The number of oxazole rings is 1. The Morgan fingerprint density at radius 3 is 2.79 bits per heavy atom. The summed E-state index contributed by atoms with van der Waals surface area (Å²) in [5.41, 5.74) is 0.938. The van der Waals surface area contributed by atoms with Gasteiger partial charge in [-0.05, 0) is 38.1 Å². The maximum atomic E-state index is 12.8. The molecule has 0 aliphatic carbocycles. The molecule has 1 N–H and O–H groups in total. The molecule has 0 aromatic carbocycles. The van der Waals surface area contributed by atoms with Crippen LogP contribution >= 0.6 is 0 Å². The van der Waals surface area contributed by atoms with Crippen LogP contribution in [0.15, 0.2) is 39.6 Å². The summed E-state index contributed by atoms with van der Waals surface area (Å²) in [6, 6.07) is 5.56. The molecule has 0 atom stereocenters. The van der Waals surface area contributed by atoms with Crippen LogP contribution in [0.1, 0.15) is 32.4 Å². The summed E-state index contributed by atoms with van der Waals surface area (Å²) in [5, 5.41) is 16.8. The third-order valence-electron chi connectivity index (χ3n) is 6.04. The number of carbonyl (C=O) groups excluding carboxylic acids is 1. The first-order chi connectivity index (χ1) is 16.1. The molecule has 4 heterocycles. The number of hydrogen-bond donors (Lipinski definition) is 1. The number of anilines is 2. The van der Waals surface area contributed by atoms with E-state index in [0.29, 0.717) is 43.3 Å². The van der Waals surface area contributed by atoms with Crippen LogP contribution < -0.4 is 10.2 Å². The molecule has 174 valence electrons. The summed E-state index contributed by atoms with van der Waals surface area (Å²) in [5.74, 6) is 1.07. The number of furan rings is 1. The molecule has 0 saturated carbocycles. The number of rotatable bonds is 9. The first-order valence-electron chi connectivity index (χ1n) is 11.4. The molecule has 10 nitrogen and oxygen atoms in total. The fraction of sp³-hybridized carbons (Fsp3) is 0.478. The second-order valence-electron chi connectivity index (χ2n) is 8.03. The summed E-state index contributed by atoms with van der Waals surface area (Å²) in [6.45, 7) is 9.21. The summed E-state index contributed by atoms with van der Waals surface area (Å²) in [7, 11) is 0. The number of hydrogen-bond acceptors (Lipinski definition) is 8. The van der Waals surface area contributed by atoms with Crippen molar-refractivity contribution in [1.29, 1.82) is 5.26 Å². The van der Waals surface area contributed by atoms with E-state index >= 15 is 0 Å². The molecular formula is C23H29N7O3. The predicted octanol–water partition coefficient (Wildman–Crippen LogP) is 3.20. The highest BCUT2D eigenvalue weighted by atomic mass is 16.4. The van der Waals surface area contributed by atoms with Gasteiger partial charge in [-0.25, -0.2) is 0 Å². The van der Waals surface area contributed by atoms with E-state index in [1.165, 1.54) is 6.26 Å². The minimum atomic E-state index is -0.113. The van der Waals surface area contributed by atoms with Crippen molar-refractivity contribution < 1.29 is 13.6 Å². The molecule has 0 spiro atoms. The highest BCUT2D eigenvalue weighted by Gasteiger charge is 2.29. The molecule has 1 fully saturated rings. The highest BCUT2D eigenvalue weighted by Crippen LogP contribution is 2.31. The summed E-state index contributed by atoms with van der Waals surface area (Å²) >= 11 is 0. The van der Waals surface area contributed by atoms with E-state index in [1.54, 1.807) is 18.3 Å². The Kier molecular flexibility index (Phi) is 7.10. The van der Waals surface area contributed by atoms with E-state index in [1.807, 2.05) is 15.8 Å². The fourth-order valence-corrected chi connectivity index (χ4v) is 4.03. The van der Waals surface area contributed by atoms with Crippen LogP contribution in [0.25, 0.3) is 11.7 Å². The topological polar surface area (TPSA) is 116 Å². The second-order valence-corrected chi connectivity index (χ2v) is 8.03. The van der Waals surface area contributed by atoms with E-state index in [0.717, 1.165) is 26.2 Å². The van der Waals surface area contributed by atoms with E-state index in [9.17, 15) is 10.1 Å². The van der Waals surface area contributed by atoms with E-state index in [-0.39, 0.29) is 23.4 Å². The third kappa shape index (κ3) is 5.26.